The van der Waals surface area contributed by atoms with Crippen molar-refractivity contribution in [1.82, 2.24) is 10.6 Å². The fraction of sp³-hybridized carbons (Fsp3) is 0.471. The van der Waals surface area contributed by atoms with E-state index in [4.69, 9.17) is 0 Å². The fourth-order valence-electron chi connectivity index (χ4n) is 2.33. The largest absolute Gasteiger partial charge is 0.480 e. The van der Waals surface area contributed by atoms with Gasteiger partial charge in [0.1, 0.15) is 12.1 Å². The van der Waals surface area contributed by atoms with E-state index in [1.165, 1.54) is 19.1 Å². The van der Waals surface area contributed by atoms with Crippen molar-refractivity contribution in [2.75, 3.05) is 0 Å². The Labute approximate surface area is 148 Å². The number of carbonyl (C=O) groups is 3. The number of carboxylic acids is 1. The number of carboxylic acid groups (broad SMARTS) is 1. The average Bonchev–Trinajstić information content (AvgIpc) is 2.50. The van der Waals surface area contributed by atoms with Crippen LogP contribution in [0.25, 0.3) is 0 Å². The van der Waals surface area contributed by atoms with Gasteiger partial charge in [-0.05, 0) is 17.5 Å². The van der Waals surface area contributed by atoms with Gasteiger partial charge in [0.2, 0.25) is 11.8 Å². The van der Waals surface area contributed by atoms with Crippen LogP contribution in [0.15, 0.2) is 24.3 Å². The normalized spacial score (nSPS) is 13.8. The molecule has 6 nitrogen and oxygen atoms in total. The highest BCUT2D eigenvalue weighted by atomic mass is 19.4. The van der Waals surface area contributed by atoms with Crippen LogP contribution in [0.4, 0.5) is 13.2 Å². The average molecular weight is 374 g/mol. The summed E-state index contributed by atoms with van der Waals surface area (Å²) in [6.07, 6.45) is -4.87. The number of hydrogen-bond donors (Lipinski definition) is 3. The molecule has 0 radical (unpaired) electrons. The number of alkyl halides is 3. The molecule has 1 aromatic carbocycles. The van der Waals surface area contributed by atoms with Crippen molar-refractivity contribution in [3.05, 3.63) is 35.4 Å². The minimum absolute atomic E-state index is 0.119. The van der Waals surface area contributed by atoms with Gasteiger partial charge in [-0.3, -0.25) is 9.59 Å². The molecular formula is C17H21F3N2O4. The van der Waals surface area contributed by atoms with Crippen molar-refractivity contribution >= 4 is 17.8 Å². The first-order valence-electron chi connectivity index (χ1n) is 7.88. The molecule has 26 heavy (non-hydrogen) atoms. The zero-order valence-electron chi connectivity index (χ0n) is 14.6. The fourth-order valence-corrected chi connectivity index (χ4v) is 2.33. The van der Waals surface area contributed by atoms with Gasteiger partial charge in [-0.25, -0.2) is 4.79 Å². The first kappa shape index (κ1) is 21.5. The molecule has 3 N–H and O–H groups in total. The number of amides is 2. The highest BCUT2D eigenvalue weighted by molar-refractivity contribution is 5.90. The Morgan fingerprint density at radius 1 is 1.15 bits per heavy atom. The van der Waals surface area contributed by atoms with E-state index in [1.54, 1.807) is 13.8 Å². The standard InChI is InChI=1S/C17H21F3N2O4/c1-9(2)14(21-10(3)23)15(24)22-13(16(25)26)8-11-5-4-6-12(7-11)17(18,19)20/h4-7,9,13-14H,8H2,1-3H3,(H,21,23)(H,22,24)(H,25,26)/t13-,14+/m0/s1. The van der Waals surface area contributed by atoms with Crippen LogP contribution >= 0.6 is 0 Å². The van der Waals surface area contributed by atoms with Gasteiger partial charge in [-0.15, -0.1) is 0 Å². The molecule has 1 aromatic rings. The lowest BCUT2D eigenvalue weighted by molar-refractivity contribution is -0.142. The summed E-state index contributed by atoms with van der Waals surface area (Å²) in [6, 6.07) is 1.87. The Hall–Kier alpha value is -2.58. The molecule has 0 unspecified atom stereocenters. The van der Waals surface area contributed by atoms with Crippen LogP contribution in [-0.4, -0.2) is 35.0 Å². The molecule has 144 valence electrons. The maximum Gasteiger partial charge on any atom is 0.416 e. The summed E-state index contributed by atoms with van der Waals surface area (Å²) in [7, 11) is 0. The highest BCUT2D eigenvalue weighted by Crippen LogP contribution is 2.29. The van der Waals surface area contributed by atoms with E-state index in [1.807, 2.05) is 0 Å². The Morgan fingerprint density at radius 3 is 2.23 bits per heavy atom. The third kappa shape index (κ3) is 6.38. The van der Waals surface area contributed by atoms with Crippen LogP contribution in [0.2, 0.25) is 0 Å². The molecule has 0 aliphatic rings. The van der Waals surface area contributed by atoms with E-state index in [0.717, 1.165) is 12.1 Å². The Bertz CT molecular complexity index is 674. The molecule has 0 heterocycles. The van der Waals surface area contributed by atoms with E-state index < -0.39 is 41.6 Å². The van der Waals surface area contributed by atoms with Crippen molar-refractivity contribution in [3.63, 3.8) is 0 Å². The van der Waals surface area contributed by atoms with Crippen LogP contribution in [-0.2, 0) is 27.0 Å². The number of halogens is 3. The molecule has 0 aliphatic heterocycles. The molecule has 2 amide bonds. The lowest BCUT2D eigenvalue weighted by Gasteiger charge is -2.23. The summed E-state index contributed by atoms with van der Waals surface area (Å²) < 4.78 is 38.3. The Kier molecular flexibility index (Phi) is 7.17. The number of carbonyl (C=O) groups excluding carboxylic acids is 2. The molecule has 1 rings (SSSR count). The third-order valence-corrected chi connectivity index (χ3v) is 3.62. The summed E-state index contributed by atoms with van der Waals surface area (Å²) in [4.78, 5) is 34.9. The summed E-state index contributed by atoms with van der Waals surface area (Å²) >= 11 is 0. The predicted octanol–water partition coefficient (Wildman–Crippen LogP) is 1.98. The zero-order chi connectivity index (χ0) is 20.1. The Morgan fingerprint density at radius 2 is 1.77 bits per heavy atom. The van der Waals surface area contributed by atoms with Gasteiger partial charge in [0, 0.05) is 13.3 Å². The van der Waals surface area contributed by atoms with Crippen LogP contribution < -0.4 is 10.6 Å². The first-order chi connectivity index (χ1) is 11.9. The van der Waals surface area contributed by atoms with Gasteiger partial charge in [-0.1, -0.05) is 32.0 Å². The lowest BCUT2D eigenvalue weighted by atomic mass is 10.0. The second kappa shape index (κ2) is 8.68. The van der Waals surface area contributed by atoms with Crippen LogP contribution in [0.5, 0.6) is 0 Å². The van der Waals surface area contributed by atoms with Gasteiger partial charge in [0.25, 0.3) is 0 Å². The summed E-state index contributed by atoms with van der Waals surface area (Å²) in [5, 5.41) is 14.0. The molecule has 0 aliphatic carbocycles. The molecule has 0 saturated carbocycles. The smallest absolute Gasteiger partial charge is 0.416 e. The number of nitrogens with one attached hydrogen (secondary N) is 2. The van der Waals surface area contributed by atoms with E-state index in [0.29, 0.717) is 0 Å². The maximum absolute atomic E-state index is 12.8. The van der Waals surface area contributed by atoms with Gasteiger partial charge in [0.15, 0.2) is 0 Å². The summed E-state index contributed by atoms with van der Waals surface area (Å²) in [5.74, 6) is -2.86. The van der Waals surface area contributed by atoms with Crippen molar-refractivity contribution in [2.24, 2.45) is 5.92 Å². The predicted molar refractivity (Wildman–Crippen MR) is 87.2 cm³/mol. The van der Waals surface area contributed by atoms with Crippen LogP contribution in [0.1, 0.15) is 31.9 Å². The number of rotatable bonds is 7. The van der Waals surface area contributed by atoms with E-state index in [-0.39, 0.29) is 17.9 Å². The van der Waals surface area contributed by atoms with Crippen molar-refractivity contribution < 1.29 is 32.7 Å². The third-order valence-electron chi connectivity index (χ3n) is 3.62. The van der Waals surface area contributed by atoms with E-state index in [9.17, 15) is 32.7 Å². The van der Waals surface area contributed by atoms with Crippen LogP contribution in [0, 0.1) is 5.92 Å². The SMILES string of the molecule is CC(=O)N[C@@H](C(=O)N[C@@H](Cc1cccc(C(F)(F)F)c1)C(=O)O)C(C)C. The topological polar surface area (TPSA) is 95.5 Å². The first-order valence-corrected chi connectivity index (χ1v) is 7.88. The molecule has 0 fully saturated rings. The summed E-state index contributed by atoms with van der Waals surface area (Å²) in [6.45, 7) is 4.56. The van der Waals surface area contributed by atoms with Crippen molar-refractivity contribution in [3.8, 4) is 0 Å². The number of benzene rings is 1. The quantitative estimate of drug-likeness (QED) is 0.680. The second-order valence-corrected chi connectivity index (χ2v) is 6.22. The molecule has 9 heteroatoms. The molecular weight excluding hydrogens is 353 g/mol. The van der Waals surface area contributed by atoms with E-state index >= 15 is 0 Å². The lowest BCUT2D eigenvalue weighted by Crippen LogP contribution is -2.53. The molecule has 0 saturated heterocycles. The second-order valence-electron chi connectivity index (χ2n) is 6.22. The highest BCUT2D eigenvalue weighted by Gasteiger charge is 2.31. The van der Waals surface area contributed by atoms with Crippen molar-refractivity contribution in [2.45, 2.75) is 45.5 Å². The molecule has 2 atom stereocenters. The van der Waals surface area contributed by atoms with Crippen molar-refractivity contribution in [1.29, 1.82) is 0 Å². The van der Waals surface area contributed by atoms with E-state index in [2.05, 4.69) is 10.6 Å². The monoisotopic (exact) mass is 374 g/mol. The van der Waals surface area contributed by atoms with Gasteiger partial charge >= 0.3 is 12.1 Å². The molecule has 0 spiro atoms. The minimum atomic E-state index is -4.55. The van der Waals surface area contributed by atoms with Gasteiger partial charge < -0.3 is 15.7 Å². The molecule has 0 bridgehead atoms. The molecule has 0 aromatic heterocycles. The number of aliphatic carboxylic acids is 1. The summed E-state index contributed by atoms with van der Waals surface area (Å²) in [5.41, 5.74) is -0.781. The van der Waals surface area contributed by atoms with Gasteiger partial charge in [0.05, 0.1) is 5.56 Å². The van der Waals surface area contributed by atoms with Crippen LogP contribution in [0.3, 0.4) is 0 Å². The Balaban J connectivity index is 2.95. The minimum Gasteiger partial charge on any atom is -0.480 e. The number of hydrogen-bond acceptors (Lipinski definition) is 3. The zero-order valence-corrected chi connectivity index (χ0v) is 14.6. The maximum atomic E-state index is 12.8. The van der Waals surface area contributed by atoms with Gasteiger partial charge in [-0.2, -0.15) is 13.2 Å².